The highest BCUT2D eigenvalue weighted by Crippen LogP contribution is 2.29. The van der Waals surface area contributed by atoms with Gasteiger partial charge in [-0.05, 0) is 24.3 Å². The second-order valence-electron chi connectivity index (χ2n) is 4.92. The molecule has 0 saturated heterocycles. The standard InChI is InChI=1S/C14H13F3N2O6/c15-14(16,17)13(22,23)7-24-10-1-3-11(4-2-10)25-8-19-6-9(5-18-19)12(20)21/h1-6,22-23H,7-8H2,(H,20,21). The molecule has 0 radical (unpaired) electrons. The van der Waals surface area contributed by atoms with E-state index >= 15 is 0 Å². The van der Waals surface area contributed by atoms with Gasteiger partial charge in [-0.15, -0.1) is 0 Å². The molecule has 0 aliphatic rings. The lowest BCUT2D eigenvalue weighted by Gasteiger charge is -2.24. The molecule has 0 bridgehead atoms. The van der Waals surface area contributed by atoms with E-state index in [0.717, 1.165) is 6.20 Å². The first-order valence-corrected chi connectivity index (χ1v) is 6.71. The first-order valence-electron chi connectivity index (χ1n) is 6.71. The van der Waals surface area contributed by atoms with Crippen LogP contribution < -0.4 is 9.47 Å². The minimum Gasteiger partial charge on any atom is -0.488 e. The van der Waals surface area contributed by atoms with Crippen LogP contribution in [-0.4, -0.2) is 49.6 Å². The summed E-state index contributed by atoms with van der Waals surface area (Å²) >= 11 is 0. The number of carboxylic acids is 1. The number of nitrogens with zero attached hydrogens (tertiary/aromatic N) is 2. The number of aliphatic hydroxyl groups is 2. The molecule has 0 aliphatic carbocycles. The summed E-state index contributed by atoms with van der Waals surface area (Å²) in [5.41, 5.74) is -0.00602. The van der Waals surface area contributed by atoms with Crippen molar-refractivity contribution >= 4 is 5.97 Å². The summed E-state index contributed by atoms with van der Waals surface area (Å²) in [6, 6.07) is 5.29. The van der Waals surface area contributed by atoms with Crippen molar-refractivity contribution < 1.29 is 42.8 Å². The zero-order valence-corrected chi connectivity index (χ0v) is 12.5. The topological polar surface area (TPSA) is 114 Å². The van der Waals surface area contributed by atoms with Crippen molar-refractivity contribution in [2.45, 2.75) is 18.7 Å². The molecular formula is C14H13F3N2O6. The Labute approximate surface area is 138 Å². The highest BCUT2D eigenvalue weighted by molar-refractivity contribution is 5.86. The molecule has 1 aromatic heterocycles. The second-order valence-corrected chi connectivity index (χ2v) is 4.92. The summed E-state index contributed by atoms with van der Waals surface area (Å²) in [7, 11) is 0. The van der Waals surface area contributed by atoms with Gasteiger partial charge in [0.2, 0.25) is 0 Å². The van der Waals surface area contributed by atoms with Crippen LogP contribution in [0.3, 0.4) is 0 Å². The van der Waals surface area contributed by atoms with Crippen molar-refractivity contribution in [3.8, 4) is 11.5 Å². The van der Waals surface area contributed by atoms with Crippen LogP contribution in [0.1, 0.15) is 10.4 Å². The van der Waals surface area contributed by atoms with Gasteiger partial charge in [0.05, 0.1) is 11.8 Å². The normalized spacial score (nSPS) is 12.0. The minimum atomic E-state index is -5.24. The van der Waals surface area contributed by atoms with Crippen molar-refractivity contribution in [3.05, 3.63) is 42.2 Å². The van der Waals surface area contributed by atoms with E-state index in [1.54, 1.807) is 0 Å². The van der Waals surface area contributed by atoms with Gasteiger partial charge in [0.15, 0.2) is 13.3 Å². The summed E-state index contributed by atoms with van der Waals surface area (Å²) in [6.45, 7) is -1.47. The number of carboxylic acid groups (broad SMARTS) is 1. The second kappa shape index (κ2) is 6.99. The van der Waals surface area contributed by atoms with E-state index in [1.807, 2.05) is 0 Å². The molecule has 136 valence electrons. The summed E-state index contributed by atoms with van der Waals surface area (Å²) in [4.78, 5) is 10.7. The van der Waals surface area contributed by atoms with Crippen molar-refractivity contribution in [2.75, 3.05) is 6.61 Å². The van der Waals surface area contributed by atoms with Gasteiger partial charge >= 0.3 is 12.1 Å². The number of hydrogen-bond acceptors (Lipinski definition) is 6. The number of aromatic carboxylic acids is 1. The number of benzene rings is 1. The maximum Gasteiger partial charge on any atom is 0.446 e. The van der Waals surface area contributed by atoms with Crippen molar-refractivity contribution in [3.63, 3.8) is 0 Å². The highest BCUT2D eigenvalue weighted by Gasteiger charge is 2.53. The van der Waals surface area contributed by atoms with Crippen molar-refractivity contribution in [1.82, 2.24) is 9.78 Å². The Morgan fingerprint density at radius 2 is 1.68 bits per heavy atom. The molecular weight excluding hydrogens is 349 g/mol. The Morgan fingerprint density at radius 3 is 2.16 bits per heavy atom. The molecule has 3 N–H and O–H groups in total. The molecule has 11 heteroatoms. The zero-order chi connectivity index (χ0) is 18.7. The van der Waals surface area contributed by atoms with E-state index in [1.165, 1.54) is 35.1 Å². The van der Waals surface area contributed by atoms with E-state index in [2.05, 4.69) is 9.84 Å². The first-order chi connectivity index (χ1) is 11.6. The number of aromatic nitrogens is 2. The molecule has 1 aromatic carbocycles. The van der Waals surface area contributed by atoms with E-state index in [-0.39, 0.29) is 18.0 Å². The smallest absolute Gasteiger partial charge is 0.446 e. The van der Waals surface area contributed by atoms with Crippen LogP contribution in [0, 0.1) is 0 Å². The molecule has 8 nitrogen and oxygen atoms in total. The third-order valence-electron chi connectivity index (χ3n) is 2.96. The van der Waals surface area contributed by atoms with Crippen LogP contribution in [0.25, 0.3) is 0 Å². The molecule has 2 aromatic rings. The molecule has 1 heterocycles. The maximum atomic E-state index is 12.3. The van der Waals surface area contributed by atoms with Gasteiger partial charge < -0.3 is 24.8 Å². The Balaban J connectivity index is 1.88. The molecule has 0 aliphatic heterocycles. The van der Waals surface area contributed by atoms with Gasteiger partial charge in [-0.25, -0.2) is 9.48 Å². The van der Waals surface area contributed by atoms with Crippen LogP contribution in [0.4, 0.5) is 13.2 Å². The van der Waals surface area contributed by atoms with Gasteiger partial charge in [-0.2, -0.15) is 18.3 Å². The van der Waals surface area contributed by atoms with E-state index in [0.29, 0.717) is 5.75 Å². The third-order valence-corrected chi connectivity index (χ3v) is 2.96. The number of ether oxygens (including phenoxy) is 2. The van der Waals surface area contributed by atoms with Crippen LogP contribution in [0.5, 0.6) is 11.5 Å². The summed E-state index contributed by atoms with van der Waals surface area (Å²) in [6.07, 6.45) is -2.83. The van der Waals surface area contributed by atoms with E-state index in [4.69, 9.17) is 20.1 Å². The Hall–Kier alpha value is -2.79. The van der Waals surface area contributed by atoms with Crippen molar-refractivity contribution in [2.24, 2.45) is 0 Å². The number of halogens is 3. The average Bonchev–Trinajstić information content (AvgIpc) is 3.00. The third kappa shape index (κ3) is 4.84. The first kappa shape index (κ1) is 18.5. The van der Waals surface area contributed by atoms with Crippen LogP contribution in [0.15, 0.2) is 36.7 Å². The molecule has 0 amide bonds. The number of rotatable bonds is 7. The summed E-state index contributed by atoms with van der Waals surface area (Å²) < 4.78 is 48.0. The van der Waals surface area contributed by atoms with Gasteiger partial charge in [0.25, 0.3) is 5.79 Å². The predicted molar refractivity (Wildman–Crippen MR) is 75.0 cm³/mol. The Bertz CT molecular complexity index is 727. The minimum absolute atomic E-state index is 0.00602. The number of hydrogen-bond donors (Lipinski definition) is 3. The lowest BCUT2D eigenvalue weighted by molar-refractivity contribution is -0.355. The fourth-order valence-electron chi connectivity index (χ4n) is 1.58. The molecule has 2 rings (SSSR count). The Kier molecular flexibility index (Phi) is 5.18. The lowest BCUT2D eigenvalue weighted by atomic mass is 10.3. The summed E-state index contributed by atoms with van der Waals surface area (Å²) in [5, 5.41) is 30.2. The average molecular weight is 362 g/mol. The SMILES string of the molecule is O=C(O)c1cnn(COc2ccc(OCC(O)(O)C(F)(F)F)cc2)c1. The van der Waals surface area contributed by atoms with Crippen LogP contribution in [0.2, 0.25) is 0 Å². The van der Waals surface area contributed by atoms with Gasteiger partial charge in [-0.1, -0.05) is 0 Å². The molecule has 0 unspecified atom stereocenters. The largest absolute Gasteiger partial charge is 0.488 e. The monoisotopic (exact) mass is 362 g/mol. The van der Waals surface area contributed by atoms with Gasteiger partial charge in [-0.3, -0.25) is 0 Å². The number of carbonyl (C=O) groups is 1. The van der Waals surface area contributed by atoms with Gasteiger partial charge in [0.1, 0.15) is 11.5 Å². The van der Waals surface area contributed by atoms with E-state index in [9.17, 15) is 18.0 Å². The lowest BCUT2D eigenvalue weighted by Crippen LogP contribution is -2.49. The van der Waals surface area contributed by atoms with Crippen molar-refractivity contribution in [1.29, 1.82) is 0 Å². The fraction of sp³-hybridized carbons (Fsp3) is 0.286. The van der Waals surface area contributed by atoms with Crippen LogP contribution in [-0.2, 0) is 6.73 Å². The van der Waals surface area contributed by atoms with E-state index < -0.39 is 24.5 Å². The molecule has 0 saturated carbocycles. The van der Waals surface area contributed by atoms with Crippen LogP contribution >= 0.6 is 0 Å². The molecule has 0 spiro atoms. The fourth-order valence-corrected chi connectivity index (χ4v) is 1.58. The molecule has 25 heavy (non-hydrogen) atoms. The zero-order valence-electron chi connectivity index (χ0n) is 12.5. The number of alkyl halides is 3. The Morgan fingerprint density at radius 1 is 1.12 bits per heavy atom. The highest BCUT2D eigenvalue weighted by atomic mass is 19.4. The molecule has 0 atom stereocenters. The quantitative estimate of drug-likeness (QED) is 0.635. The summed E-state index contributed by atoms with van der Waals surface area (Å²) in [5.74, 6) is -4.80. The maximum absolute atomic E-state index is 12.3. The van der Waals surface area contributed by atoms with Gasteiger partial charge in [0, 0.05) is 6.20 Å². The predicted octanol–water partition coefficient (Wildman–Crippen LogP) is 1.24. The molecule has 0 fully saturated rings.